The maximum atomic E-state index is 5.97. The van der Waals surface area contributed by atoms with Crippen molar-refractivity contribution in [1.29, 1.82) is 0 Å². The average molecular weight is 241 g/mol. The minimum Gasteiger partial charge on any atom is -0.126 e. The largest absolute Gasteiger partial charge is 0.126 e. The van der Waals surface area contributed by atoms with Gasteiger partial charge in [-0.2, -0.15) is 0 Å². The Labute approximate surface area is 101 Å². The van der Waals surface area contributed by atoms with E-state index < -0.39 is 0 Å². The second-order valence-corrected chi connectivity index (χ2v) is 6.66. The van der Waals surface area contributed by atoms with Gasteiger partial charge < -0.3 is 0 Å². The molecular formula is C13H17ClS. The third-order valence-corrected chi connectivity index (χ3v) is 4.90. The van der Waals surface area contributed by atoms with Crippen LogP contribution in [0.5, 0.6) is 0 Å². The van der Waals surface area contributed by atoms with E-state index in [2.05, 4.69) is 38.1 Å². The molecule has 15 heavy (non-hydrogen) atoms. The molecule has 0 nitrogen and oxygen atoms in total. The molecule has 0 radical (unpaired) electrons. The number of alkyl halides is 1. The molecule has 0 saturated heterocycles. The van der Waals surface area contributed by atoms with E-state index in [0.717, 1.165) is 11.1 Å². The molecule has 0 aliphatic carbocycles. The Morgan fingerprint density at radius 2 is 2.13 bits per heavy atom. The fourth-order valence-corrected chi connectivity index (χ4v) is 3.76. The molecule has 1 atom stereocenters. The molecule has 1 aliphatic heterocycles. The molecule has 0 saturated carbocycles. The summed E-state index contributed by atoms with van der Waals surface area (Å²) in [6, 6.07) is 8.74. The van der Waals surface area contributed by atoms with Crippen molar-refractivity contribution in [3.05, 3.63) is 29.8 Å². The number of hydrogen-bond donors (Lipinski definition) is 0. The van der Waals surface area contributed by atoms with E-state index in [1.54, 1.807) is 0 Å². The second kappa shape index (κ2) is 4.39. The van der Waals surface area contributed by atoms with Gasteiger partial charge in [0.15, 0.2) is 0 Å². The quantitative estimate of drug-likeness (QED) is 0.708. The fraction of sp³-hybridized carbons (Fsp3) is 0.538. The fourth-order valence-electron chi connectivity index (χ4n) is 2.04. The highest BCUT2D eigenvalue weighted by Crippen LogP contribution is 2.42. The van der Waals surface area contributed by atoms with Crippen LogP contribution in [0.1, 0.15) is 25.8 Å². The number of fused-ring (bicyclic) bond motifs is 1. The van der Waals surface area contributed by atoms with E-state index in [4.69, 9.17) is 11.6 Å². The molecule has 1 unspecified atom stereocenters. The van der Waals surface area contributed by atoms with Crippen molar-refractivity contribution in [3.8, 4) is 0 Å². The highest BCUT2D eigenvalue weighted by molar-refractivity contribution is 8.00. The van der Waals surface area contributed by atoms with Gasteiger partial charge in [-0.3, -0.25) is 0 Å². The van der Waals surface area contributed by atoms with Crippen LogP contribution in [0.25, 0.3) is 0 Å². The summed E-state index contributed by atoms with van der Waals surface area (Å²) < 4.78 is 0. The lowest BCUT2D eigenvalue weighted by molar-refractivity contribution is 0.379. The van der Waals surface area contributed by atoms with Crippen LogP contribution >= 0.6 is 23.4 Å². The molecule has 0 fully saturated rings. The summed E-state index contributed by atoms with van der Waals surface area (Å²) in [5, 5.41) is 0.719. The molecule has 1 aromatic rings. The van der Waals surface area contributed by atoms with Crippen LogP contribution in [0.3, 0.4) is 0 Å². The summed E-state index contributed by atoms with van der Waals surface area (Å²) in [6.45, 7) is 4.51. The van der Waals surface area contributed by atoms with E-state index >= 15 is 0 Å². The third kappa shape index (κ3) is 2.70. The standard InChI is InChI=1S/C13H17ClS/c1-13(2,9-14)8-11-7-10-5-3-4-6-12(10)15-11/h3-6,11H,7-9H2,1-2H3. The van der Waals surface area contributed by atoms with E-state index in [-0.39, 0.29) is 5.41 Å². The van der Waals surface area contributed by atoms with E-state index in [1.165, 1.54) is 23.3 Å². The van der Waals surface area contributed by atoms with Crippen molar-refractivity contribution in [1.82, 2.24) is 0 Å². The minimum atomic E-state index is 0.265. The van der Waals surface area contributed by atoms with E-state index in [0.29, 0.717) is 0 Å². The summed E-state index contributed by atoms with van der Waals surface area (Å²) in [4.78, 5) is 1.47. The van der Waals surface area contributed by atoms with Crippen molar-refractivity contribution >= 4 is 23.4 Å². The predicted molar refractivity (Wildman–Crippen MR) is 68.9 cm³/mol. The Bertz CT molecular complexity index is 321. The normalized spacial score (nSPS) is 20.3. The summed E-state index contributed by atoms with van der Waals surface area (Å²) in [5.74, 6) is 0.750. The molecule has 0 spiro atoms. The van der Waals surface area contributed by atoms with Crippen molar-refractivity contribution in [3.63, 3.8) is 0 Å². The summed E-state index contributed by atoms with van der Waals surface area (Å²) in [7, 11) is 0. The molecule has 2 rings (SSSR count). The van der Waals surface area contributed by atoms with Crippen molar-refractivity contribution in [2.75, 3.05) is 5.88 Å². The Balaban J connectivity index is 2.02. The van der Waals surface area contributed by atoms with Crippen LogP contribution in [0.4, 0.5) is 0 Å². The van der Waals surface area contributed by atoms with Gasteiger partial charge >= 0.3 is 0 Å². The van der Waals surface area contributed by atoms with Crippen molar-refractivity contribution in [2.24, 2.45) is 5.41 Å². The second-order valence-electron chi connectivity index (χ2n) is 5.05. The molecule has 0 bridgehead atoms. The van der Waals surface area contributed by atoms with Gasteiger partial charge in [0.2, 0.25) is 0 Å². The number of halogens is 1. The molecular weight excluding hydrogens is 224 g/mol. The number of rotatable bonds is 3. The number of benzene rings is 1. The molecule has 1 aromatic carbocycles. The van der Waals surface area contributed by atoms with Crippen LogP contribution in [0, 0.1) is 5.41 Å². The van der Waals surface area contributed by atoms with E-state index in [1.807, 2.05) is 11.8 Å². The van der Waals surface area contributed by atoms with Gasteiger partial charge in [0.25, 0.3) is 0 Å². The SMILES string of the molecule is CC(C)(CCl)CC1Cc2ccccc2S1. The lowest BCUT2D eigenvalue weighted by Gasteiger charge is -2.24. The zero-order valence-electron chi connectivity index (χ0n) is 9.29. The maximum absolute atomic E-state index is 5.97. The maximum Gasteiger partial charge on any atom is 0.0275 e. The first-order chi connectivity index (χ1) is 7.11. The van der Waals surface area contributed by atoms with Crippen LogP contribution in [-0.4, -0.2) is 11.1 Å². The zero-order valence-corrected chi connectivity index (χ0v) is 10.9. The number of thioether (sulfide) groups is 1. The van der Waals surface area contributed by atoms with Gasteiger partial charge in [-0.25, -0.2) is 0 Å². The minimum absolute atomic E-state index is 0.265. The van der Waals surface area contributed by atoms with Crippen LogP contribution in [0.15, 0.2) is 29.2 Å². The Hall–Kier alpha value is -0.140. The van der Waals surface area contributed by atoms with E-state index in [9.17, 15) is 0 Å². The topological polar surface area (TPSA) is 0 Å². The molecule has 82 valence electrons. The smallest absolute Gasteiger partial charge is 0.0275 e. The monoisotopic (exact) mass is 240 g/mol. The van der Waals surface area contributed by atoms with Crippen LogP contribution in [-0.2, 0) is 6.42 Å². The first kappa shape index (κ1) is 11.3. The summed E-state index contributed by atoms with van der Waals surface area (Å²) >= 11 is 7.99. The zero-order chi connectivity index (χ0) is 10.9. The lowest BCUT2D eigenvalue weighted by Crippen LogP contribution is -2.19. The first-order valence-electron chi connectivity index (χ1n) is 5.41. The average Bonchev–Trinajstić information content (AvgIpc) is 2.58. The molecule has 1 heterocycles. The van der Waals surface area contributed by atoms with Gasteiger partial charge in [-0.1, -0.05) is 32.0 Å². The Morgan fingerprint density at radius 1 is 1.40 bits per heavy atom. The highest BCUT2D eigenvalue weighted by atomic mass is 35.5. The molecule has 2 heteroatoms. The van der Waals surface area contributed by atoms with Crippen molar-refractivity contribution < 1.29 is 0 Å². The Morgan fingerprint density at radius 3 is 2.80 bits per heavy atom. The Kier molecular flexibility index (Phi) is 3.32. The van der Waals surface area contributed by atoms with Gasteiger partial charge in [-0.15, -0.1) is 23.4 Å². The highest BCUT2D eigenvalue weighted by Gasteiger charge is 2.28. The van der Waals surface area contributed by atoms with Crippen LogP contribution in [0.2, 0.25) is 0 Å². The molecule has 0 aromatic heterocycles. The number of hydrogen-bond acceptors (Lipinski definition) is 1. The van der Waals surface area contributed by atoms with Crippen molar-refractivity contribution in [2.45, 2.75) is 36.8 Å². The third-order valence-electron chi connectivity index (χ3n) is 2.86. The molecule has 1 aliphatic rings. The summed E-state index contributed by atoms with van der Waals surface area (Å²) in [5.41, 5.74) is 1.78. The van der Waals surface area contributed by atoms with Gasteiger partial charge in [0, 0.05) is 16.0 Å². The first-order valence-corrected chi connectivity index (χ1v) is 6.83. The molecule has 0 amide bonds. The van der Waals surface area contributed by atoms with Crippen LogP contribution < -0.4 is 0 Å². The van der Waals surface area contributed by atoms with Gasteiger partial charge in [-0.05, 0) is 29.9 Å². The predicted octanol–water partition coefficient (Wildman–Crippen LogP) is 4.36. The lowest BCUT2D eigenvalue weighted by atomic mass is 9.88. The van der Waals surface area contributed by atoms with Gasteiger partial charge in [0.05, 0.1) is 0 Å². The summed E-state index contributed by atoms with van der Waals surface area (Å²) in [6.07, 6.45) is 2.41. The van der Waals surface area contributed by atoms with Gasteiger partial charge in [0.1, 0.15) is 0 Å². The molecule has 0 N–H and O–H groups in total.